The fraction of sp³-hybridized carbons (Fsp3) is 0.571. The van der Waals surface area contributed by atoms with Gasteiger partial charge in [-0.2, -0.15) is 23.5 Å². The number of carbonyl (C=O) groups excluding carboxylic acids is 2. The average molecular weight is 631 g/mol. The zero-order valence-electron chi connectivity index (χ0n) is 22.8. The molecule has 0 N–H and O–H groups in total. The molecule has 0 saturated carbocycles. The fourth-order valence-corrected chi connectivity index (χ4v) is 14.4. The van der Waals surface area contributed by atoms with Gasteiger partial charge in [-0.15, -0.1) is 47.0 Å². The number of hydrogen-bond acceptors (Lipinski definition) is 10. The smallest absolute Gasteiger partial charge is 0.333 e. The van der Waals surface area contributed by atoms with Crippen molar-refractivity contribution in [3.8, 4) is 0 Å². The van der Waals surface area contributed by atoms with Gasteiger partial charge in [0, 0.05) is 22.7 Å². The van der Waals surface area contributed by atoms with Gasteiger partial charge in [0.2, 0.25) is 0 Å². The second kappa shape index (κ2) is 15.1. The standard InChI is InChI=1S/C28H38O4S6/c1-15(2)25(29)31-17(5)21-13-35-27(37-21)23(33-7)19-9-11-20(12-10-19)24(34-8)28-36-14-22(38-28)18(6)32-26(30)16(3)4/h9-12,17-18,21-24,27-28H,1,3,13-14H2,2,4-8H3. The van der Waals surface area contributed by atoms with E-state index in [2.05, 4.69) is 49.9 Å². The van der Waals surface area contributed by atoms with E-state index in [0.717, 1.165) is 11.5 Å². The van der Waals surface area contributed by atoms with Crippen LogP contribution in [0.1, 0.15) is 49.3 Å². The van der Waals surface area contributed by atoms with Crippen LogP contribution in [0.5, 0.6) is 0 Å². The van der Waals surface area contributed by atoms with E-state index in [0.29, 0.717) is 30.8 Å². The number of esters is 2. The number of carbonyl (C=O) groups is 2. The lowest BCUT2D eigenvalue weighted by molar-refractivity contribution is -0.144. The first-order valence-corrected chi connectivity index (χ1v) is 19.0. The summed E-state index contributed by atoms with van der Waals surface area (Å²) in [6.07, 6.45) is 4.09. The minimum absolute atomic E-state index is 0.133. The van der Waals surface area contributed by atoms with E-state index in [9.17, 15) is 9.59 Å². The number of rotatable bonds is 12. The molecule has 0 aromatic heterocycles. The molecule has 3 rings (SSSR count). The van der Waals surface area contributed by atoms with Crippen LogP contribution in [0.2, 0.25) is 0 Å². The van der Waals surface area contributed by atoms with Gasteiger partial charge in [-0.1, -0.05) is 37.4 Å². The average Bonchev–Trinajstić information content (AvgIpc) is 3.56. The molecular formula is C28H38O4S6. The van der Waals surface area contributed by atoms with Crippen molar-refractivity contribution in [1.82, 2.24) is 0 Å². The molecule has 2 fully saturated rings. The Kier molecular flexibility index (Phi) is 12.8. The highest BCUT2D eigenvalue weighted by molar-refractivity contribution is 8.22. The first-order chi connectivity index (χ1) is 18.0. The first-order valence-electron chi connectivity index (χ1n) is 12.5. The van der Waals surface area contributed by atoms with Gasteiger partial charge in [0.25, 0.3) is 0 Å². The number of thioether (sulfide) groups is 6. The molecule has 8 unspecified atom stereocenters. The molecule has 8 atom stereocenters. The second-order valence-electron chi connectivity index (χ2n) is 9.51. The van der Waals surface area contributed by atoms with Gasteiger partial charge in [-0.05, 0) is 51.3 Å². The van der Waals surface area contributed by atoms with Gasteiger partial charge in [0.05, 0.1) is 30.2 Å². The minimum atomic E-state index is -0.306. The SMILES string of the molecule is C=C(C)C(=O)OC(C)C1CSC(C(SC)c2ccc(C(SC)C3SCC(C(C)OC(=O)C(=C)C)S3)cc2)S1. The highest BCUT2D eigenvalue weighted by Gasteiger charge is 2.38. The molecule has 210 valence electrons. The molecule has 2 aliphatic rings. The van der Waals surface area contributed by atoms with E-state index >= 15 is 0 Å². The van der Waals surface area contributed by atoms with Crippen LogP contribution in [0, 0.1) is 0 Å². The van der Waals surface area contributed by atoms with Gasteiger partial charge < -0.3 is 9.47 Å². The summed E-state index contributed by atoms with van der Waals surface area (Å²) in [5, 5.41) is 1.29. The Morgan fingerprint density at radius 2 is 1.13 bits per heavy atom. The lowest BCUT2D eigenvalue weighted by atomic mass is 10.1. The monoisotopic (exact) mass is 630 g/mol. The zero-order valence-corrected chi connectivity index (χ0v) is 27.7. The minimum Gasteiger partial charge on any atom is -0.458 e. The van der Waals surface area contributed by atoms with E-state index in [1.165, 1.54) is 11.1 Å². The van der Waals surface area contributed by atoms with Crippen LogP contribution in [-0.2, 0) is 19.1 Å². The molecule has 4 nitrogen and oxygen atoms in total. The second-order valence-corrected chi connectivity index (χ2v) is 17.2. The van der Waals surface area contributed by atoms with E-state index < -0.39 is 0 Å². The molecule has 2 heterocycles. The molecule has 0 radical (unpaired) electrons. The van der Waals surface area contributed by atoms with Gasteiger partial charge in [-0.25, -0.2) is 9.59 Å². The molecule has 0 bridgehead atoms. The molecule has 0 aliphatic carbocycles. The normalized spacial score (nSPS) is 26.3. The van der Waals surface area contributed by atoms with Crippen molar-refractivity contribution in [2.24, 2.45) is 0 Å². The summed E-state index contributed by atoms with van der Waals surface area (Å²) in [6.45, 7) is 14.7. The highest BCUT2D eigenvalue weighted by atomic mass is 32.2. The van der Waals surface area contributed by atoms with Crippen molar-refractivity contribution in [1.29, 1.82) is 0 Å². The van der Waals surface area contributed by atoms with Gasteiger partial charge in [0.15, 0.2) is 0 Å². The van der Waals surface area contributed by atoms with Crippen molar-refractivity contribution in [2.45, 2.75) is 70.1 Å². The predicted molar refractivity (Wildman–Crippen MR) is 175 cm³/mol. The Hall–Kier alpha value is -0.260. The maximum Gasteiger partial charge on any atom is 0.333 e. The summed E-state index contributed by atoms with van der Waals surface area (Å²) >= 11 is 11.5. The third kappa shape index (κ3) is 8.38. The Labute approximate surface area is 253 Å². The quantitative estimate of drug-likeness (QED) is 0.169. The highest BCUT2D eigenvalue weighted by Crippen LogP contribution is 2.52. The molecular weight excluding hydrogens is 593 g/mol. The Morgan fingerprint density at radius 1 is 0.789 bits per heavy atom. The lowest BCUT2D eigenvalue weighted by Gasteiger charge is -2.25. The summed E-state index contributed by atoms with van der Waals surface area (Å²) < 4.78 is 12.0. The van der Waals surface area contributed by atoms with E-state index in [-0.39, 0.29) is 34.6 Å². The Bertz CT molecular complexity index is 921. The molecule has 2 aliphatic heterocycles. The molecule has 1 aromatic rings. The van der Waals surface area contributed by atoms with Crippen LogP contribution in [0.4, 0.5) is 0 Å². The van der Waals surface area contributed by atoms with Crippen molar-refractivity contribution < 1.29 is 19.1 Å². The van der Waals surface area contributed by atoms with E-state index in [4.69, 9.17) is 9.47 Å². The molecule has 0 spiro atoms. The van der Waals surface area contributed by atoms with Crippen LogP contribution in [0.15, 0.2) is 48.6 Å². The summed E-state index contributed by atoms with van der Waals surface area (Å²) in [6, 6.07) is 9.16. The molecule has 2 saturated heterocycles. The molecule has 0 amide bonds. The number of hydrogen-bond donors (Lipinski definition) is 0. The largest absolute Gasteiger partial charge is 0.458 e. The van der Waals surface area contributed by atoms with Crippen molar-refractivity contribution >= 4 is 82.5 Å². The number of ether oxygens (including phenoxy) is 2. The van der Waals surface area contributed by atoms with E-state index in [1.54, 1.807) is 13.8 Å². The van der Waals surface area contributed by atoms with Crippen LogP contribution < -0.4 is 0 Å². The topological polar surface area (TPSA) is 52.6 Å². The lowest BCUT2D eigenvalue weighted by Crippen LogP contribution is -2.26. The molecule has 1 aromatic carbocycles. The van der Waals surface area contributed by atoms with Crippen LogP contribution in [0.3, 0.4) is 0 Å². The van der Waals surface area contributed by atoms with Crippen molar-refractivity contribution in [3.05, 3.63) is 59.7 Å². The van der Waals surface area contributed by atoms with Crippen molar-refractivity contribution in [2.75, 3.05) is 24.0 Å². The summed E-state index contributed by atoms with van der Waals surface area (Å²) in [5.41, 5.74) is 3.56. The predicted octanol–water partition coefficient (Wildman–Crippen LogP) is 7.86. The summed E-state index contributed by atoms with van der Waals surface area (Å²) in [7, 11) is 0. The third-order valence-electron chi connectivity index (χ3n) is 6.39. The molecule has 38 heavy (non-hydrogen) atoms. The summed E-state index contributed by atoms with van der Waals surface area (Å²) in [5.74, 6) is 1.33. The van der Waals surface area contributed by atoms with Gasteiger partial charge in [0.1, 0.15) is 12.2 Å². The van der Waals surface area contributed by atoms with Gasteiger partial charge in [-0.3, -0.25) is 0 Å². The van der Waals surface area contributed by atoms with Crippen LogP contribution >= 0.6 is 70.6 Å². The number of benzene rings is 1. The van der Waals surface area contributed by atoms with Crippen LogP contribution in [0.25, 0.3) is 0 Å². The Morgan fingerprint density at radius 3 is 1.42 bits per heavy atom. The van der Waals surface area contributed by atoms with Crippen LogP contribution in [-0.4, -0.2) is 67.8 Å². The zero-order chi connectivity index (χ0) is 28.0. The fourth-order valence-electron chi connectivity index (χ4n) is 4.07. The maximum atomic E-state index is 12.0. The van der Waals surface area contributed by atoms with Crippen molar-refractivity contribution in [3.63, 3.8) is 0 Å². The molecule has 10 heteroatoms. The van der Waals surface area contributed by atoms with E-state index in [1.807, 2.05) is 84.4 Å². The summed E-state index contributed by atoms with van der Waals surface area (Å²) in [4.78, 5) is 23.9. The van der Waals surface area contributed by atoms with Gasteiger partial charge >= 0.3 is 11.9 Å². The first kappa shape index (κ1) is 32.3. The Balaban J connectivity index is 1.61. The maximum absolute atomic E-state index is 12.0. The third-order valence-corrected chi connectivity index (χ3v) is 16.3.